The fourth-order valence-corrected chi connectivity index (χ4v) is 3.10. The van der Waals surface area contributed by atoms with Crippen LogP contribution in [-0.4, -0.2) is 44.1 Å². The first-order chi connectivity index (χ1) is 10.6. The van der Waals surface area contributed by atoms with Crippen molar-refractivity contribution in [2.45, 2.75) is 19.8 Å². The Morgan fingerprint density at radius 2 is 2.23 bits per heavy atom. The van der Waals surface area contributed by atoms with E-state index in [9.17, 15) is 4.79 Å². The second-order valence-corrected chi connectivity index (χ2v) is 6.26. The number of rotatable bonds is 4. The Kier molecular flexibility index (Phi) is 4.37. The van der Waals surface area contributed by atoms with Gasteiger partial charge in [-0.25, -0.2) is 0 Å². The number of carbonyl (C=O) groups is 1. The van der Waals surface area contributed by atoms with E-state index < -0.39 is 0 Å². The Morgan fingerprint density at radius 1 is 1.45 bits per heavy atom. The fraction of sp³-hybridized carbons (Fsp3) is 0.571. The Morgan fingerprint density at radius 3 is 2.82 bits per heavy atom. The number of nitrogens with one attached hydrogen (secondary N) is 1. The number of aromatic nitrogens is 4. The van der Waals surface area contributed by atoms with Crippen LogP contribution >= 0.6 is 11.7 Å². The Balaban J connectivity index is 1.46. The average Bonchev–Trinajstić information content (AvgIpc) is 3.16. The lowest BCUT2D eigenvalue weighted by Crippen LogP contribution is -2.38. The first kappa shape index (κ1) is 15.0. The number of amides is 1. The van der Waals surface area contributed by atoms with Crippen molar-refractivity contribution in [1.29, 1.82) is 0 Å². The second-order valence-electron chi connectivity index (χ2n) is 5.70. The van der Waals surface area contributed by atoms with Gasteiger partial charge in [0.2, 0.25) is 0 Å². The van der Waals surface area contributed by atoms with Gasteiger partial charge in [-0.05, 0) is 31.7 Å². The van der Waals surface area contributed by atoms with Gasteiger partial charge >= 0.3 is 0 Å². The van der Waals surface area contributed by atoms with E-state index in [1.165, 1.54) is 11.7 Å². The molecule has 1 N–H and O–H groups in total. The van der Waals surface area contributed by atoms with Crippen LogP contribution in [0, 0.1) is 12.8 Å². The maximum atomic E-state index is 12.1. The number of anilines is 1. The van der Waals surface area contributed by atoms with Crippen LogP contribution in [-0.2, 0) is 7.05 Å². The van der Waals surface area contributed by atoms with E-state index in [4.69, 9.17) is 0 Å². The molecule has 8 heteroatoms. The van der Waals surface area contributed by atoms with E-state index in [-0.39, 0.29) is 5.91 Å². The molecule has 118 valence electrons. The molecule has 0 unspecified atom stereocenters. The predicted octanol–water partition coefficient (Wildman–Crippen LogP) is 1.23. The van der Waals surface area contributed by atoms with Crippen LogP contribution in [0.5, 0.6) is 0 Å². The summed E-state index contributed by atoms with van der Waals surface area (Å²) in [6.07, 6.45) is 3.92. The Bertz CT molecular complexity index is 610. The van der Waals surface area contributed by atoms with Crippen molar-refractivity contribution in [3.8, 4) is 0 Å². The number of hydrogen-bond acceptors (Lipinski definition) is 6. The first-order valence-electron chi connectivity index (χ1n) is 7.45. The molecule has 2 aromatic heterocycles. The van der Waals surface area contributed by atoms with Gasteiger partial charge in [0.25, 0.3) is 5.91 Å². The number of aryl methyl sites for hydroxylation is 2. The summed E-state index contributed by atoms with van der Waals surface area (Å²) >= 11 is 1.24. The molecular weight excluding hydrogens is 300 g/mol. The lowest BCUT2D eigenvalue weighted by Gasteiger charge is -2.31. The highest BCUT2D eigenvalue weighted by molar-refractivity contribution is 6.99. The summed E-state index contributed by atoms with van der Waals surface area (Å²) in [6.45, 7) is 4.58. The molecule has 3 heterocycles. The fourth-order valence-electron chi connectivity index (χ4n) is 2.66. The van der Waals surface area contributed by atoms with Crippen LogP contribution in [0.25, 0.3) is 0 Å². The monoisotopic (exact) mass is 320 g/mol. The van der Waals surface area contributed by atoms with E-state index in [1.807, 2.05) is 26.2 Å². The molecule has 3 rings (SSSR count). The standard InChI is InChI=1S/C14H20N6OS/c1-10-7-12(17-19(10)2)14(21)15-8-11-3-5-20(6-4-11)13-9-16-22-18-13/h7,9,11H,3-6,8H2,1-2H3,(H,15,21). The third kappa shape index (κ3) is 3.27. The van der Waals surface area contributed by atoms with Crippen LogP contribution in [0.1, 0.15) is 29.0 Å². The number of piperidine rings is 1. The molecule has 0 bridgehead atoms. The van der Waals surface area contributed by atoms with Crippen LogP contribution < -0.4 is 10.2 Å². The molecule has 0 aliphatic carbocycles. The van der Waals surface area contributed by atoms with Crippen molar-refractivity contribution in [3.05, 3.63) is 23.7 Å². The Hall–Kier alpha value is -1.96. The van der Waals surface area contributed by atoms with Crippen LogP contribution in [0.15, 0.2) is 12.3 Å². The Labute approximate surface area is 133 Å². The zero-order chi connectivity index (χ0) is 15.5. The van der Waals surface area contributed by atoms with Crippen molar-refractivity contribution < 1.29 is 4.79 Å². The van der Waals surface area contributed by atoms with Gasteiger partial charge in [-0.3, -0.25) is 9.48 Å². The molecule has 7 nitrogen and oxygen atoms in total. The lowest BCUT2D eigenvalue weighted by atomic mass is 9.97. The predicted molar refractivity (Wildman–Crippen MR) is 85.1 cm³/mol. The molecule has 1 saturated heterocycles. The topological polar surface area (TPSA) is 75.9 Å². The molecule has 1 fully saturated rings. The van der Waals surface area contributed by atoms with Crippen LogP contribution in [0.3, 0.4) is 0 Å². The minimum Gasteiger partial charge on any atom is -0.354 e. The minimum atomic E-state index is -0.0881. The third-order valence-electron chi connectivity index (χ3n) is 4.19. The van der Waals surface area contributed by atoms with E-state index in [2.05, 4.69) is 24.1 Å². The molecule has 0 atom stereocenters. The average molecular weight is 320 g/mol. The summed E-state index contributed by atoms with van der Waals surface area (Å²) in [5.41, 5.74) is 1.47. The second kappa shape index (κ2) is 6.43. The zero-order valence-corrected chi connectivity index (χ0v) is 13.6. The summed E-state index contributed by atoms with van der Waals surface area (Å²) in [7, 11) is 1.84. The highest BCUT2D eigenvalue weighted by atomic mass is 32.1. The van der Waals surface area contributed by atoms with E-state index in [0.717, 1.165) is 37.4 Å². The van der Waals surface area contributed by atoms with E-state index >= 15 is 0 Å². The van der Waals surface area contributed by atoms with Crippen molar-refractivity contribution in [1.82, 2.24) is 23.8 Å². The molecule has 0 radical (unpaired) electrons. The van der Waals surface area contributed by atoms with Crippen molar-refractivity contribution in [3.63, 3.8) is 0 Å². The van der Waals surface area contributed by atoms with Gasteiger partial charge in [-0.15, -0.1) is 0 Å². The molecule has 1 aliphatic rings. The van der Waals surface area contributed by atoms with Gasteiger partial charge in [0.15, 0.2) is 5.82 Å². The van der Waals surface area contributed by atoms with Gasteiger partial charge in [0.05, 0.1) is 17.9 Å². The minimum absolute atomic E-state index is 0.0881. The van der Waals surface area contributed by atoms with Gasteiger partial charge in [-0.2, -0.15) is 13.8 Å². The molecule has 22 heavy (non-hydrogen) atoms. The highest BCUT2D eigenvalue weighted by Crippen LogP contribution is 2.21. The molecular formula is C14H20N6OS. The van der Waals surface area contributed by atoms with Crippen molar-refractivity contribution in [2.24, 2.45) is 13.0 Å². The summed E-state index contributed by atoms with van der Waals surface area (Å²) in [5.74, 6) is 1.39. The molecule has 0 aromatic carbocycles. The van der Waals surface area contributed by atoms with Crippen molar-refractivity contribution in [2.75, 3.05) is 24.5 Å². The van der Waals surface area contributed by atoms with Crippen LogP contribution in [0.4, 0.5) is 5.82 Å². The van der Waals surface area contributed by atoms with Gasteiger partial charge in [0, 0.05) is 32.4 Å². The smallest absolute Gasteiger partial charge is 0.271 e. The number of hydrogen-bond donors (Lipinski definition) is 1. The zero-order valence-electron chi connectivity index (χ0n) is 12.8. The molecule has 0 spiro atoms. The van der Waals surface area contributed by atoms with Gasteiger partial charge in [0.1, 0.15) is 5.69 Å². The molecule has 1 amide bonds. The normalized spacial score (nSPS) is 16.0. The maximum Gasteiger partial charge on any atom is 0.271 e. The lowest BCUT2D eigenvalue weighted by molar-refractivity contribution is 0.0939. The summed E-state index contributed by atoms with van der Waals surface area (Å²) in [4.78, 5) is 14.3. The third-order valence-corrected chi connectivity index (χ3v) is 4.65. The molecule has 0 saturated carbocycles. The largest absolute Gasteiger partial charge is 0.354 e. The number of carbonyl (C=O) groups excluding carboxylic acids is 1. The quantitative estimate of drug-likeness (QED) is 0.917. The summed E-state index contributed by atoms with van der Waals surface area (Å²) in [6, 6.07) is 1.81. The summed E-state index contributed by atoms with van der Waals surface area (Å²) < 4.78 is 10.0. The molecule has 1 aliphatic heterocycles. The van der Waals surface area contributed by atoms with Crippen molar-refractivity contribution >= 4 is 23.5 Å². The number of nitrogens with zero attached hydrogens (tertiary/aromatic N) is 5. The maximum absolute atomic E-state index is 12.1. The first-order valence-corrected chi connectivity index (χ1v) is 8.18. The van der Waals surface area contributed by atoms with E-state index in [1.54, 1.807) is 4.68 Å². The molecule has 2 aromatic rings. The summed E-state index contributed by atoms with van der Waals surface area (Å²) in [5, 5.41) is 7.20. The SMILES string of the molecule is Cc1cc(C(=O)NCC2CCN(c3cnsn3)CC2)nn1C. The van der Waals surface area contributed by atoms with Gasteiger partial charge in [-0.1, -0.05) is 0 Å². The van der Waals surface area contributed by atoms with Crippen LogP contribution in [0.2, 0.25) is 0 Å². The highest BCUT2D eigenvalue weighted by Gasteiger charge is 2.21. The van der Waals surface area contributed by atoms with Gasteiger partial charge < -0.3 is 10.2 Å². The van der Waals surface area contributed by atoms with E-state index in [0.29, 0.717) is 18.2 Å².